The Labute approximate surface area is 155 Å². The van der Waals surface area contributed by atoms with E-state index in [4.69, 9.17) is 10.2 Å². The predicted molar refractivity (Wildman–Crippen MR) is 93.0 cm³/mol. The van der Waals surface area contributed by atoms with Crippen LogP contribution in [0.4, 0.5) is 4.79 Å². The molecule has 148 valence electrons. The average Bonchev–Trinajstić information content (AvgIpc) is 2.64. The summed E-state index contributed by atoms with van der Waals surface area (Å²) >= 11 is 0. The molecular weight excluding hydrogens is 358 g/mol. The summed E-state index contributed by atoms with van der Waals surface area (Å²) in [5, 5.41) is 32.3. The van der Waals surface area contributed by atoms with Crippen molar-refractivity contribution in [2.75, 3.05) is 13.1 Å². The summed E-state index contributed by atoms with van der Waals surface area (Å²) in [7, 11) is 0. The maximum atomic E-state index is 11.7. The highest BCUT2D eigenvalue weighted by molar-refractivity contribution is 5.91. The maximum absolute atomic E-state index is 11.7. The minimum Gasteiger partial charge on any atom is -0.481 e. The number of hydrogen-bond donors (Lipinski definition) is 5. The van der Waals surface area contributed by atoms with Gasteiger partial charge in [-0.3, -0.25) is 9.59 Å². The molecule has 0 aliphatic rings. The number of nitrogens with zero attached hydrogens (tertiary/aromatic N) is 2. The van der Waals surface area contributed by atoms with Crippen LogP contribution in [-0.2, 0) is 9.59 Å². The Balaban J connectivity index is 2.11. The number of unbranched alkanes of at least 4 members (excludes halogenated alkanes) is 2. The smallest absolute Gasteiger partial charge is 0.326 e. The number of carbonyl (C=O) groups is 4. The van der Waals surface area contributed by atoms with Gasteiger partial charge in [-0.2, -0.15) is 5.10 Å². The summed E-state index contributed by atoms with van der Waals surface area (Å²) < 4.78 is 0. The van der Waals surface area contributed by atoms with Gasteiger partial charge in [0.2, 0.25) is 0 Å². The van der Waals surface area contributed by atoms with Crippen LogP contribution in [0.1, 0.15) is 42.6 Å². The number of carboxylic acid groups (broad SMARTS) is 2. The van der Waals surface area contributed by atoms with Gasteiger partial charge in [-0.1, -0.05) is 0 Å². The van der Waals surface area contributed by atoms with Crippen LogP contribution >= 0.6 is 0 Å². The van der Waals surface area contributed by atoms with E-state index in [-0.39, 0.29) is 24.4 Å². The Bertz CT molecular complexity index is 639. The summed E-state index contributed by atoms with van der Waals surface area (Å²) in [6.07, 6.45) is 3.02. The third-order valence-electron chi connectivity index (χ3n) is 3.48. The second-order valence-electron chi connectivity index (χ2n) is 5.65. The van der Waals surface area contributed by atoms with Gasteiger partial charge < -0.3 is 26.2 Å². The minimum atomic E-state index is -1.29. The van der Waals surface area contributed by atoms with Crippen molar-refractivity contribution in [1.82, 2.24) is 26.1 Å². The van der Waals surface area contributed by atoms with Gasteiger partial charge in [0.15, 0.2) is 5.69 Å². The fourth-order valence-electron chi connectivity index (χ4n) is 2.08. The molecule has 0 aromatic carbocycles. The van der Waals surface area contributed by atoms with Crippen LogP contribution in [0.3, 0.4) is 0 Å². The van der Waals surface area contributed by atoms with Crippen LogP contribution < -0.4 is 16.0 Å². The molecule has 5 N–H and O–H groups in total. The van der Waals surface area contributed by atoms with Crippen molar-refractivity contribution in [3.05, 3.63) is 24.0 Å². The molecule has 1 aromatic heterocycles. The molecule has 0 bridgehead atoms. The maximum Gasteiger partial charge on any atom is 0.326 e. The molecule has 1 heterocycles. The molecule has 27 heavy (non-hydrogen) atoms. The van der Waals surface area contributed by atoms with Crippen LogP contribution in [-0.4, -0.2) is 63.4 Å². The molecule has 1 aromatic rings. The summed E-state index contributed by atoms with van der Waals surface area (Å²) in [6, 6.07) is 1.27. The molecular formula is C16H23N5O6. The van der Waals surface area contributed by atoms with Crippen LogP contribution in [0.25, 0.3) is 0 Å². The van der Waals surface area contributed by atoms with Crippen molar-refractivity contribution >= 4 is 23.9 Å². The molecule has 11 nitrogen and oxygen atoms in total. The molecule has 0 fully saturated rings. The highest BCUT2D eigenvalue weighted by Gasteiger charge is 2.20. The molecule has 0 radical (unpaired) electrons. The van der Waals surface area contributed by atoms with E-state index in [1.165, 1.54) is 6.20 Å². The Kier molecular flexibility index (Phi) is 9.83. The van der Waals surface area contributed by atoms with E-state index in [1.54, 1.807) is 12.1 Å². The quantitative estimate of drug-likeness (QED) is 0.315. The SMILES string of the molecule is O=C(O)CC[C@H](NC(=O)NCCCCCNC(=O)c1cccnn1)C(=O)O. The van der Waals surface area contributed by atoms with Gasteiger partial charge >= 0.3 is 18.0 Å². The van der Waals surface area contributed by atoms with Gasteiger partial charge in [0.25, 0.3) is 5.91 Å². The molecule has 11 heteroatoms. The number of aliphatic carboxylic acids is 2. The van der Waals surface area contributed by atoms with Crippen molar-refractivity contribution in [3.8, 4) is 0 Å². The molecule has 0 aliphatic heterocycles. The average molecular weight is 381 g/mol. The fourth-order valence-corrected chi connectivity index (χ4v) is 2.08. The zero-order chi connectivity index (χ0) is 20.1. The lowest BCUT2D eigenvalue weighted by Gasteiger charge is -2.14. The standard InChI is InChI=1S/C16H23N5O6/c22-13(23)7-6-12(15(25)26)20-16(27)18-9-3-1-2-8-17-14(24)11-5-4-10-19-21-11/h4-5,10,12H,1-3,6-9H2,(H,17,24)(H,22,23)(H,25,26)(H2,18,20,27)/t12-/m0/s1. The lowest BCUT2D eigenvalue weighted by Crippen LogP contribution is -2.46. The molecule has 1 atom stereocenters. The van der Waals surface area contributed by atoms with E-state index in [0.717, 1.165) is 6.42 Å². The van der Waals surface area contributed by atoms with Crippen LogP contribution in [0.15, 0.2) is 18.3 Å². The fraction of sp³-hybridized carbons (Fsp3) is 0.500. The number of amides is 3. The molecule has 0 saturated heterocycles. The van der Waals surface area contributed by atoms with Crippen LogP contribution in [0.2, 0.25) is 0 Å². The summed E-state index contributed by atoms with van der Waals surface area (Å²) in [4.78, 5) is 44.8. The van der Waals surface area contributed by atoms with Gasteiger partial charge in [-0.15, -0.1) is 5.10 Å². The van der Waals surface area contributed by atoms with Crippen LogP contribution in [0, 0.1) is 0 Å². The van der Waals surface area contributed by atoms with E-state index in [9.17, 15) is 19.2 Å². The van der Waals surface area contributed by atoms with Gasteiger partial charge in [-0.05, 0) is 37.8 Å². The second kappa shape index (κ2) is 12.2. The summed E-state index contributed by atoms with van der Waals surface area (Å²) in [5.41, 5.74) is 0.242. The molecule has 0 saturated carbocycles. The number of carbonyl (C=O) groups excluding carboxylic acids is 2. The molecule has 0 aliphatic carbocycles. The lowest BCUT2D eigenvalue weighted by molar-refractivity contribution is -0.140. The van der Waals surface area contributed by atoms with E-state index in [2.05, 4.69) is 26.1 Å². The number of urea groups is 1. The first-order valence-electron chi connectivity index (χ1n) is 8.45. The lowest BCUT2D eigenvalue weighted by atomic mass is 10.1. The van der Waals surface area contributed by atoms with Crippen molar-refractivity contribution in [3.63, 3.8) is 0 Å². The Morgan fingerprint density at radius 1 is 1.04 bits per heavy atom. The van der Waals surface area contributed by atoms with Gasteiger partial charge in [-0.25, -0.2) is 9.59 Å². The first-order valence-corrected chi connectivity index (χ1v) is 8.45. The number of carboxylic acids is 2. The normalized spacial score (nSPS) is 11.3. The number of aromatic nitrogens is 2. The Hall–Kier alpha value is -3.24. The Morgan fingerprint density at radius 3 is 2.33 bits per heavy atom. The summed E-state index contributed by atoms with van der Waals surface area (Å²) in [6.45, 7) is 0.785. The van der Waals surface area contributed by atoms with E-state index >= 15 is 0 Å². The zero-order valence-corrected chi connectivity index (χ0v) is 14.7. The number of rotatable bonds is 12. The van der Waals surface area contributed by atoms with Crippen molar-refractivity contribution in [2.45, 2.75) is 38.1 Å². The third-order valence-corrected chi connectivity index (χ3v) is 3.48. The number of nitrogens with one attached hydrogen (secondary N) is 3. The van der Waals surface area contributed by atoms with Gasteiger partial charge in [0, 0.05) is 25.7 Å². The molecule has 0 unspecified atom stereocenters. The molecule has 0 spiro atoms. The van der Waals surface area contributed by atoms with Crippen LogP contribution in [0.5, 0.6) is 0 Å². The van der Waals surface area contributed by atoms with Crippen molar-refractivity contribution < 1.29 is 29.4 Å². The van der Waals surface area contributed by atoms with Gasteiger partial charge in [0.1, 0.15) is 6.04 Å². The largest absolute Gasteiger partial charge is 0.481 e. The second-order valence-corrected chi connectivity index (χ2v) is 5.65. The minimum absolute atomic E-state index is 0.191. The van der Waals surface area contributed by atoms with E-state index in [1.807, 2.05) is 0 Å². The van der Waals surface area contributed by atoms with Crippen molar-refractivity contribution in [2.24, 2.45) is 0 Å². The summed E-state index contributed by atoms with van der Waals surface area (Å²) in [5.74, 6) is -2.72. The third kappa shape index (κ3) is 9.72. The Morgan fingerprint density at radius 2 is 1.74 bits per heavy atom. The number of hydrogen-bond acceptors (Lipinski definition) is 6. The zero-order valence-electron chi connectivity index (χ0n) is 14.7. The topological polar surface area (TPSA) is 171 Å². The first kappa shape index (κ1) is 21.8. The monoisotopic (exact) mass is 381 g/mol. The molecule has 1 rings (SSSR count). The predicted octanol–water partition coefficient (Wildman–Crippen LogP) is -0.00610. The first-order chi connectivity index (χ1) is 12.9. The van der Waals surface area contributed by atoms with Gasteiger partial charge in [0.05, 0.1) is 0 Å². The highest BCUT2D eigenvalue weighted by atomic mass is 16.4. The van der Waals surface area contributed by atoms with Crippen molar-refractivity contribution in [1.29, 1.82) is 0 Å². The molecule has 3 amide bonds. The van der Waals surface area contributed by atoms with E-state index < -0.39 is 24.0 Å². The highest BCUT2D eigenvalue weighted by Crippen LogP contribution is 1.98. The van der Waals surface area contributed by atoms with E-state index in [0.29, 0.717) is 25.9 Å².